The van der Waals surface area contributed by atoms with E-state index < -0.39 is 0 Å². The van der Waals surface area contributed by atoms with Crippen molar-refractivity contribution in [1.29, 1.82) is 0 Å². The minimum absolute atomic E-state index is 0.00188. The Hall–Kier alpha value is -2.66. The lowest BCUT2D eigenvalue weighted by atomic mass is 9.97. The van der Waals surface area contributed by atoms with E-state index >= 15 is 0 Å². The van der Waals surface area contributed by atoms with Crippen molar-refractivity contribution in [2.24, 2.45) is 5.92 Å². The van der Waals surface area contributed by atoms with E-state index in [0.717, 1.165) is 30.6 Å². The van der Waals surface area contributed by atoms with Gasteiger partial charge in [0.2, 0.25) is 11.8 Å². The third kappa shape index (κ3) is 5.43. The fraction of sp³-hybridized carbons (Fsp3) is 0.333. The number of piperidine rings is 1. The highest BCUT2D eigenvalue weighted by atomic mass is 16.2. The van der Waals surface area contributed by atoms with Gasteiger partial charge in [0.25, 0.3) is 0 Å². The number of carbonyl (C=O) groups excluding carboxylic acids is 2. The van der Waals surface area contributed by atoms with Crippen molar-refractivity contribution in [2.45, 2.75) is 19.4 Å². The van der Waals surface area contributed by atoms with Crippen LogP contribution >= 0.6 is 0 Å². The van der Waals surface area contributed by atoms with Crippen molar-refractivity contribution in [3.63, 3.8) is 0 Å². The minimum atomic E-state index is -0.0779. The number of anilines is 1. The summed E-state index contributed by atoms with van der Waals surface area (Å²) in [5.74, 6) is -0.0468. The molecule has 136 valence electrons. The summed E-state index contributed by atoms with van der Waals surface area (Å²) in [5, 5.41) is 5.91. The Morgan fingerprint density at radius 2 is 1.69 bits per heavy atom. The third-order valence-corrected chi connectivity index (χ3v) is 4.62. The molecule has 26 heavy (non-hydrogen) atoms. The predicted octanol–water partition coefficient (Wildman–Crippen LogP) is 2.65. The van der Waals surface area contributed by atoms with Crippen LogP contribution in [0.2, 0.25) is 0 Å². The first-order valence-corrected chi connectivity index (χ1v) is 9.09. The molecule has 3 rings (SSSR count). The highest BCUT2D eigenvalue weighted by Crippen LogP contribution is 2.18. The zero-order valence-electron chi connectivity index (χ0n) is 14.9. The zero-order valence-corrected chi connectivity index (χ0v) is 14.9. The average Bonchev–Trinajstić information content (AvgIpc) is 2.68. The molecule has 1 heterocycles. The van der Waals surface area contributed by atoms with E-state index in [0.29, 0.717) is 19.6 Å². The van der Waals surface area contributed by atoms with Crippen molar-refractivity contribution in [3.8, 4) is 0 Å². The van der Waals surface area contributed by atoms with Crippen LogP contribution in [-0.4, -0.2) is 36.3 Å². The Bertz CT molecular complexity index is 719. The van der Waals surface area contributed by atoms with Gasteiger partial charge in [-0.1, -0.05) is 48.5 Å². The van der Waals surface area contributed by atoms with Crippen LogP contribution in [0.25, 0.3) is 0 Å². The van der Waals surface area contributed by atoms with Crippen molar-refractivity contribution in [2.75, 3.05) is 25.0 Å². The molecular formula is C21H25N3O2. The van der Waals surface area contributed by atoms with E-state index in [9.17, 15) is 9.59 Å². The van der Waals surface area contributed by atoms with E-state index in [1.165, 1.54) is 0 Å². The maximum Gasteiger partial charge on any atom is 0.234 e. The molecule has 5 heteroatoms. The van der Waals surface area contributed by atoms with Crippen molar-refractivity contribution < 1.29 is 9.59 Å². The van der Waals surface area contributed by atoms with Crippen LogP contribution in [0, 0.1) is 5.92 Å². The molecule has 0 aromatic heterocycles. The summed E-state index contributed by atoms with van der Waals surface area (Å²) >= 11 is 0. The summed E-state index contributed by atoms with van der Waals surface area (Å²) in [6, 6.07) is 19.4. The molecule has 0 spiro atoms. The SMILES string of the molecule is O=C(CN1CCC[C@@H](C(=O)Nc2ccccc2)C1)NCc1ccccc1. The highest BCUT2D eigenvalue weighted by Gasteiger charge is 2.26. The number of hydrogen-bond acceptors (Lipinski definition) is 3. The van der Waals surface area contributed by atoms with Crippen LogP contribution in [-0.2, 0) is 16.1 Å². The van der Waals surface area contributed by atoms with E-state index in [1.807, 2.05) is 60.7 Å². The molecule has 5 nitrogen and oxygen atoms in total. The Labute approximate surface area is 154 Å². The van der Waals surface area contributed by atoms with Gasteiger partial charge in [0.05, 0.1) is 12.5 Å². The Kier molecular flexibility index (Phi) is 6.39. The van der Waals surface area contributed by atoms with Crippen molar-refractivity contribution in [1.82, 2.24) is 10.2 Å². The average molecular weight is 351 g/mol. The van der Waals surface area contributed by atoms with Crippen LogP contribution < -0.4 is 10.6 Å². The van der Waals surface area contributed by atoms with Gasteiger partial charge in [-0.25, -0.2) is 0 Å². The van der Waals surface area contributed by atoms with Gasteiger partial charge in [-0.3, -0.25) is 14.5 Å². The van der Waals surface area contributed by atoms with Crippen LogP contribution in [0.4, 0.5) is 5.69 Å². The first-order chi connectivity index (χ1) is 12.7. The van der Waals surface area contributed by atoms with Crippen molar-refractivity contribution in [3.05, 3.63) is 66.2 Å². The zero-order chi connectivity index (χ0) is 18.2. The lowest BCUT2D eigenvalue weighted by molar-refractivity contribution is -0.125. The fourth-order valence-electron chi connectivity index (χ4n) is 3.23. The minimum Gasteiger partial charge on any atom is -0.351 e. The largest absolute Gasteiger partial charge is 0.351 e. The van der Waals surface area contributed by atoms with Crippen LogP contribution in [0.1, 0.15) is 18.4 Å². The first kappa shape index (κ1) is 18.1. The van der Waals surface area contributed by atoms with Gasteiger partial charge in [-0.15, -0.1) is 0 Å². The first-order valence-electron chi connectivity index (χ1n) is 9.09. The number of rotatable bonds is 6. The molecule has 2 aromatic carbocycles. The van der Waals surface area contributed by atoms with Gasteiger partial charge in [0.15, 0.2) is 0 Å². The van der Waals surface area contributed by atoms with Gasteiger partial charge in [0.1, 0.15) is 0 Å². The second-order valence-corrected chi connectivity index (χ2v) is 6.69. The van der Waals surface area contributed by atoms with Crippen LogP contribution in [0.15, 0.2) is 60.7 Å². The molecule has 0 bridgehead atoms. The molecule has 2 amide bonds. The molecule has 0 radical (unpaired) electrons. The number of likely N-dealkylation sites (tertiary alicyclic amines) is 1. The van der Waals surface area contributed by atoms with Gasteiger partial charge in [0, 0.05) is 18.8 Å². The topological polar surface area (TPSA) is 61.4 Å². The molecule has 2 N–H and O–H groups in total. The number of hydrogen-bond donors (Lipinski definition) is 2. The summed E-state index contributed by atoms with van der Waals surface area (Å²) in [5.41, 5.74) is 1.90. The monoisotopic (exact) mass is 351 g/mol. The molecule has 1 fully saturated rings. The Balaban J connectivity index is 1.45. The summed E-state index contributed by atoms with van der Waals surface area (Å²) in [6.45, 7) is 2.35. The van der Waals surface area contributed by atoms with E-state index in [1.54, 1.807) is 0 Å². The standard InChI is InChI=1S/C21H25N3O2/c25-20(22-14-17-8-3-1-4-9-17)16-24-13-7-10-18(15-24)21(26)23-19-11-5-2-6-12-19/h1-6,8-9,11-12,18H,7,10,13-16H2,(H,22,25)(H,23,26)/t18-/m1/s1. The summed E-state index contributed by atoms with van der Waals surface area (Å²) in [4.78, 5) is 26.7. The third-order valence-electron chi connectivity index (χ3n) is 4.62. The van der Waals surface area contributed by atoms with Gasteiger partial charge in [-0.05, 0) is 37.1 Å². The number of nitrogens with one attached hydrogen (secondary N) is 2. The van der Waals surface area contributed by atoms with Gasteiger partial charge < -0.3 is 10.6 Å². The quantitative estimate of drug-likeness (QED) is 0.841. The molecule has 0 aliphatic carbocycles. The Morgan fingerprint density at radius 1 is 1.00 bits per heavy atom. The summed E-state index contributed by atoms with van der Waals surface area (Å²) in [7, 11) is 0. The van der Waals surface area contributed by atoms with Gasteiger partial charge >= 0.3 is 0 Å². The molecule has 1 aliphatic heterocycles. The second-order valence-electron chi connectivity index (χ2n) is 6.69. The van der Waals surface area contributed by atoms with E-state index in [4.69, 9.17) is 0 Å². The predicted molar refractivity (Wildman–Crippen MR) is 103 cm³/mol. The normalized spacial score (nSPS) is 17.5. The molecule has 2 aromatic rings. The molecule has 1 atom stereocenters. The van der Waals surface area contributed by atoms with Gasteiger partial charge in [-0.2, -0.15) is 0 Å². The number of nitrogens with zero attached hydrogens (tertiary/aromatic N) is 1. The molecule has 1 aliphatic rings. The number of amides is 2. The van der Waals surface area contributed by atoms with E-state index in [2.05, 4.69) is 15.5 Å². The summed E-state index contributed by atoms with van der Waals surface area (Å²) < 4.78 is 0. The fourth-order valence-corrected chi connectivity index (χ4v) is 3.23. The lowest BCUT2D eigenvalue weighted by Gasteiger charge is -2.31. The summed E-state index contributed by atoms with van der Waals surface area (Å²) in [6.07, 6.45) is 1.79. The van der Waals surface area contributed by atoms with E-state index in [-0.39, 0.29) is 17.7 Å². The number of carbonyl (C=O) groups is 2. The Morgan fingerprint density at radius 3 is 2.42 bits per heavy atom. The molecular weight excluding hydrogens is 326 g/mol. The smallest absolute Gasteiger partial charge is 0.234 e. The second kappa shape index (κ2) is 9.15. The van der Waals surface area contributed by atoms with Crippen LogP contribution in [0.3, 0.4) is 0 Å². The maximum atomic E-state index is 12.5. The highest BCUT2D eigenvalue weighted by molar-refractivity contribution is 5.92. The van der Waals surface area contributed by atoms with Crippen LogP contribution in [0.5, 0.6) is 0 Å². The van der Waals surface area contributed by atoms with Crippen molar-refractivity contribution >= 4 is 17.5 Å². The number of benzene rings is 2. The maximum absolute atomic E-state index is 12.5. The lowest BCUT2D eigenvalue weighted by Crippen LogP contribution is -2.45. The molecule has 1 saturated heterocycles. The molecule has 0 saturated carbocycles. The number of para-hydroxylation sites is 1. The molecule has 0 unspecified atom stereocenters.